The van der Waals surface area contributed by atoms with E-state index in [1.165, 1.54) is 16.8 Å². The summed E-state index contributed by atoms with van der Waals surface area (Å²) < 4.78 is 0. The predicted molar refractivity (Wildman–Crippen MR) is 76.2 cm³/mol. The second-order valence-corrected chi connectivity index (χ2v) is 5.34. The Morgan fingerprint density at radius 3 is 2.78 bits per heavy atom. The van der Waals surface area contributed by atoms with Crippen LogP contribution in [0.4, 0.5) is 5.69 Å². The van der Waals surface area contributed by atoms with Crippen molar-refractivity contribution in [2.24, 2.45) is 0 Å². The van der Waals surface area contributed by atoms with Gasteiger partial charge in [-0.25, -0.2) is 0 Å². The second kappa shape index (κ2) is 5.72. The van der Waals surface area contributed by atoms with E-state index >= 15 is 0 Å². The van der Waals surface area contributed by atoms with E-state index in [1.54, 1.807) is 0 Å². The molecule has 0 aromatic heterocycles. The quantitative estimate of drug-likeness (QED) is 0.883. The Labute approximate surface area is 110 Å². The molecule has 3 nitrogen and oxygen atoms in total. The molecule has 0 aliphatic carbocycles. The molecular formula is C15H24N2O. The van der Waals surface area contributed by atoms with E-state index in [2.05, 4.69) is 48.9 Å². The van der Waals surface area contributed by atoms with Gasteiger partial charge in [-0.1, -0.05) is 12.1 Å². The van der Waals surface area contributed by atoms with E-state index in [1.807, 2.05) is 0 Å². The largest absolute Gasteiger partial charge is 0.396 e. The van der Waals surface area contributed by atoms with Crippen LogP contribution in [0.2, 0.25) is 0 Å². The zero-order valence-corrected chi connectivity index (χ0v) is 11.7. The molecule has 1 aromatic rings. The number of aryl methyl sites for hydroxylation is 1. The molecule has 1 unspecified atom stereocenters. The lowest BCUT2D eigenvalue weighted by molar-refractivity contribution is 0.219. The maximum absolute atomic E-state index is 9.25. The van der Waals surface area contributed by atoms with Crippen molar-refractivity contribution >= 4 is 5.69 Å². The van der Waals surface area contributed by atoms with Gasteiger partial charge in [0.2, 0.25) is 0 Å². The Kier molecular flexibility index (Phi) is 4.25. The number of aliphatic hydroxyl groups excluding tert-OH is 1. The van der Waals surface area contributed by atoms with Crippen LogP contribution in [0.5, 0.6) is 0 Å². The molecule has 0 amide bonds. The maximum Gasteiger partial charge on any atom is 0.0451 e. The summed E-state index contributed by atoms with van der Waals surface area (Å²) in [5, 5.41) is 9.25. The molecule has 3 heteroatoms. The highest BCUT2D eigenvalue weighted by Crippen LogP contribution is 2.27. The lowest BCUT2D eigenvalue weighted by atomic mass is 10.0. The summed E-state index contributed by atoms with van der Waals surface area (Å²) in [5.74, 6) is 0. The molecule has 0 spiro atoms. The normalized spacial score (nSPS) is 21.3. The van der Waals surface area contributed by atoms with Crippen molar-refractivity contribution < 1.29 is 5.11 Å². The van der Waals surface area contributed by atoms with E-state index in [-0.39, 0.29) is 6.61 Å². The average molecular weight is 248 g/mol. The van der Waals surface area contributed by atoms with Crippen LogP contribution in [0.3, 0.4) is 0 Å². The first-order chi connectivity index (χ1) is 8.63. The molecule has 18 heavy (non-hydrogen) atoms. The highest BCUT2D eigenvalue weighted by molar-refractivity contribution is 5.57. The number of piperazine rings is 1. The third kappa shape index (κ3) is 2.68. The van der Waals surface area contributed by atoms with Gasteiger partial charge in [0.15, 0.2) is 0 Å². The predicted octanol–water partition coefficient (Wildman–Crippen LogP) is 1.81. The number of hydrogen-bond acceptors (Lipinski definition) is 3. The molecule has 1 aromatic carbocycles. The van der Waals surface area contributed by atoms with E-state index in [9.17, 15) is 5.11 Å². The van der Waals surface area contributed by atoms with Crippen LogP contribution in [0, 0.1) is 13.8 Å². The molecule has 1 fully saturated rings. The molecule has 1 saturated heterocycles. The molecule has 0 saturated carbocycles. The van der Waals surface area contributed by atoms with E-state index < -0.39 is 0 Å². The molecule has 2 rings (SSSR count). The number of benzene rings is 1. The van der Waals surface area contributed by atoms with Crippen molar-refractivity contribution in [2.75, 3.05) is 38.2 Å². The molecule has 1 aliphatic heterocycles. The van der Waals surface area contributed by atoms with E-state index in [0.717, 1.165) is 26.1 Å². The second-order valence-electron chi connectivity index (χ2n) is 5.34. The molecular weight excluding hydrogens is 224 g/mol. The Morgan fingerprint density at radius 2 is 2.06 bits per heavy atom. The summed E-state index contributed by atoms with van der Waals surface area (Å²) in [6, 6.07) is 6.93. The summed E-state index contributed by atoms with van der Waals surface area (Å²) in [4.78, 5) is 4.82. The number of hydrogen-bond donors (Lipinski definition) is 1. The van der Waals surface area contributed by atoms with Crippen LogP contribution in [0.1, 0.15) is 17.5 Å². The molecule has 0 radical (unpaired) electrons. The SMILES string of the molecule is Cc1cccc(N2CCN(C)CC2CCO)c1C. The van der Waals surface area contributed by atoms with Gasteiger partial charge in [0.05, 0.1) is 0 Å². The van der Waals surface area contributed by atoms with Gasteiger partial charge in [0, 0.05) is 38.0 Å². The molecule has 1 atom stereocenters. The zero-order chi connectivity index (χ0) is 13.1. The van der Waals surface area contributed by atoms with Crippen molar-refractivity contribution in [3.05, 3.63) is 29.3 Å². The van der Waals surface area contributed by atoms with Crippen molar-refractivity contribution in [3.8, 4) is 0 Å². The number of likely N-dealkylation sites (N-methyl/N-ethyl adjacent to an activating group) is 1. The molecule has 1 heterocycles. The molecule has 100 valence electrons. The standard InChI is InChI=1S/C15H24N2O/c1-12-5-4-6-15(13(12)2)17-9-8-16(3)11-14(17)7-10-18/h4-6,14,18H,7-11H2,1-3H3. The minimum atomic E-state index is 0.264. The van der Waals surface area contributed by atoms with Crippen molar-refractivity contribution in [3.63, 3.8) is 0 Å². The number of aliphatic hydroxyl groups is 1. The Balaban J connectivity index is 2.26. The van der Waals surface area contributed by atoms with Crippen LogP contribution >= 0.6 is 0 Å². The van der Waals surface area contributed by atoms with Crippen LogP contribution < -0.4 is 4.90 Å². The Hall–Kier alpha value is -1.06. The van der Waals surface area contributed by atoms with Crippen molar-refractivity contribution in [1.82, 2.24) is 4.90 Å². The lowest BCUT2D eigenvalue weighted by Gasteiger charge is -2.42. The van der Waals surface area contributed by atoms with Crippen LogP contribution in [-0.2, 0) is 0 Å². The fourth-order valence-corrected chi connectivity index (χ4v) is 2.77. The minimum absolute atomic E-state index is 0.264. The highest BCUT2D eigenvalue weighted by Gasteiger charge is 2.25. The lowest BCUT2D eigenvalue weighted by Crippen LogP contribution is -2.52. The fourth-order valence-electron chi connectivity index (χ4n) is 2.77. The van der Waals surface area contributed by atoms with Crippen LogP contribution in [-0.4, -0.2) is 49.3 Å². The third-order valence-corrected chi connectivity index (χ3v) is 4.03. The first kappa shape index (κ1) is 13.4. The van der Waals surface area contributed by atoms with Crippen molar-refractivity contribution in [1.29, 1.82) is 0 Å². The summed E-state index contributed by atoms with van der Waals surface area (Å²) in [7, 11) is 2.16. The highest BCUT2D eigenvalue weighted by atomic mass is 16.3. The number of rotatable bonds is 3. The third-order valence-electron chi connectivity index (χ3n) is 4.03. The van der Waals surface area contributed by atoms with Crippen LogP contribution in [0.25, 0.3) is 0 Å². The number of nitrogens with zero attached hydrogens (tertiary/aromatic N) is 2. The monoisotopic (exact) mass is 248 g/mol. The zero-order valence-electron chi connectivity index (χ0n) is 11.7. The van der Waals surface area contributed by atoms with Crippen LogP contribution in [0.15, 0.2) is 18.2 Å². The summed E-state index contributed by atoms with van der Waals surface area (Å²) in [6.07, 6.45) is 0.845. The summed E-state index contributed by atoms with van der Waals surface area (Å²) >= 11 is 0. The van der Waals surface area contributed by atoms with E-state index in [4.69, 9.17) is 0 Å². The van der Waals surface area contributed by atoms with Gasteiger partial charge in [-0.05, 0) is 44.5 Å². The number of anilines is 1. The summed E-state index contributed by atoms with van der Waals surface area (Å²) in [5.41, 5.74) is 4.04. The molecule has 1 N–H and O–H groups in total. The van der Waals surface area contributed by atoms with Gasteiger partial charge >= 0.3 is 0 Å². The van der Waals surface area contributed by atoms with Gasteiger partial charge in [-0.2, -0.15) is 0 Å². The van der Waals surface area contributed by atoms with Gasteiger partial charge in [0.25, 0.3) is 0 Å². The van der Waals surface area contributed by atoms with Crippen molar-refractivity contribution in [2.45, 2.75) is 26.3 Å². The maximum atomic E-state index is 9.25. The smallest absolute Gasteiger partial charge is 0.0451 e. The Bertz CT molecular complexity index is 405. The fraction of sp³-hybridized carbons (Fsp3) is 0.600. The first-order valence-corrected chi connectivity index (χ1v) is 6.75. The van der Waals surface area contributed by atoms with E-state index in [0.29, 0.717) is 6.04 Å². The Morgan fingerprint density at radius 1 is 1.28 bits per heavy atom. The van der Waals surface area contributed by atoms with Gasteiger partial charge < -0.3 is 14.9 Å². The van der Waals surface area contributed by atoms with Gasteiger partial charge in [0.1, 0.15) is 0 Å². The minimum Gasteiger partial charge on any atom is -0.396 e. The van der Waals surface area contributed by atoms with Gasteiger partial charge in [-0.3, -0.25) is 0 Å². The average Bonchev–Trinajstić information content (AvgIpc) is 2.34. The summed E-state index contributed by atoms with van der Waals surface area (Å²) in [6.45, 7) is 7.80. The van der Waals surface area contributed by atoms with Gasteiger partial charge in [-0.15, -0.1) is 0 Å². The first-order valence-electron chi connectivity index (χ1n) is 6.75. The topological polar surface area (TPSA) is 26.7 Å². The molecule has 1 aliphatic rings. The molecule has 0 bridgehead atoms.